The summed E-state index contributed by atoms with van der Waals surface area (Å²) in [5.74, 6) is -0.398. The maximum atomic E-state index is 12.5. The van der Waals surface area contributed by atoms with Gasteiger partial charge in [-0.2, -0.15) is 4.72 Å². The Morgan fingerprint density at radius 2 is 1.89 bits per heavy atom. The van der Waals surface area contributed by atoms with Crippen LogP contribution in [0.2, 0.25) is 0 Å². The number of hydrogen-bond donors (Lipinski definition) is 2. The van der Waals surface area contributed by atoms with E-state index >= 15 is 0 Å². The van der Waals surface area contributed by atoms with Gasteiger partial charge in [0.25, 0.3) is 0 Å². The van der Waals surface area contributed by atoms with E-state index in [-0.39, 0.29) is 21.5 Å². The molecule has 0 spiro atoms. The molecule has 2 N–H and O–H groups in total. The fourth-order valence-corrected chi connectivity index (χ4v) is 4.67. The van der Waals surface area contributed by atoms with Crippen LogP contribution in [0, 0.1) is 13.8 Å². The second kappa shape index (κ2) is 7.55. The third-order valence-corrected chi connectivity index (χ3v) is 6.31. The van der Waals surface area contributed by atoms with Crippen molar-refractivity contribution in [3.05, 3.63) is 41.8 Å². The quantitative estimate of drug-likeness (QED) is 0.640. The van der Waals surface area contributed by atoms with Crippen molar-refractivity contribution < 1.29 is 17.7 Å². The smallest absolute Gasteiger partial charge is 0.246 e. The van der Waals surface area contributed by atoms with Crippen LogP contribution < -0.4 is 10.0 Å². The van der Waals surface area contributed by atoms with Crippen LogP contribution in [-0.4, -0.2) is 35.7 Å². The van der Waals surface area contributed by atoms with Gasteiger partial charge < -0.3 is 4.52 Å². The van der Waals surface area contributed by atoms with Crippen LogP contribution in [0.4, 0.5) is 5.13 Å². The van der Waals surface area contributed by atoms with Crippen molar-refractivity contribution in [2.45, 2.75) is 31.7 Å². The van der Waals surface area contributed by atoms with E-state index in [9.17, 15) is 13.2 Å². The normalized spacial score (nSPS) is 12.7. The maximum Gasteiger partial charge on any atom is 0.246 e. The Kier molecular flexibility index (Phi) is 5.35. The van der Waals surface area contributed by atoms with Gasteiger partial charge in [0.1, 0.15) is 15.6 Å². The van der Waals surface area contributed by atoms with Crippen molar-refractivity contribution in [3.63, 3.8) is 0 Å². The van der Waals surface area contributed by atoms with Crippen LogP contribution in [0.15, 0.2) is 39.8 Å². The first-order chi connectivity index (χ1) is 12.8. The molecule has 9 nitrogen and oxygen atoms in total. The average Bonchev–Trinajstić information content (AvgIpc) is 3.22. The first-order valence-corrected chi connectivity index (χ1v) is 10.2. The van der Waals surface area contributed by atoms with Gasteiger partial charge >= 0.3 is 0 Å². The molecule has 0 radical (unpaired) electrons. The molecule has 1 atom stereocenters. The lowest BCUT2D eigenvalue weighted by atomic mass is 10.2. The van der Waals surface area contributed by atoms with Crippen molar-refractivity contribution in [1.29, 1.82) is 0 Å². The Hall–Kier alpha value is -2.63. The second-order valence-electron chi connectivity index (χ2n) is 5.76. The first kappa shape index (κ1) is 19.1. The van der Waals surface area contributed by atoms with Gasteiger partial charge in [-0.05, 0) is 20.8 Å². The summed E-state index contributed by atoms with van der Waals surface area (Å²) >= 11 is 1.20. The van der Waals surface area contributed by atoms with Crippen molar-refractivity contribution in [2.24, 2.45) is 0 Å². The number of aryl methyl sites for hydroxylation is 2. The summed E-state index contributed by atoms with van der Waals surface area (Å²) < 4.78 is 32.1. The van der Waals surface area contributed by atoms with Crippen LogP contribution in [0.5, 0.6) is 0 Å². The lowest BCUT2D eigenvalue weighted by Crippen LogP contribution is -2.41. The van der Waals surface area contributed by atoms with Crippen molar-refractivity contribution in [2.75, 3.05) is 5.32 Å². The molecule has 0 aliphatic heterocycles. The Morgan fingerprint density at radius 3 is 2.52 bits per heavy atom. The van der Waals surface area contributed by atoms with E-state index in [2.05, 4.69) is 25.4 Å². The minimum Gasteiger partial charge on any atom is -0.360 e. The van der Waals surface area contributed by atoms with E-state index < -0.39 is 22.0 Å². The molecule has 3 rings (SSSR count). The number of carbonyl (C=O) groups excluding carboxylic acids is 1. The predicted octanol–water partition coefficient (Wildman–Crippen LogP) is 2.12. The molecule has 27 heavy (non-hydrogen) atoms. The summed E-state index contributed by atoms with van der Waals surface area (Å²) in [6, 6.07) is 8.37. The highest BCUT2D eigenvalue weighted by Gasteiger charge is 2.28. The van der Waals surface area contributed by atoms with Gasteiger partial charge in [0.05, 0.1) is 6.04 Å². The summed E-state index contributed by atoms with van der Waals surface area (Å²) in [5, 5.41) is 15.1. The van der Waals surface area contributed by atoms with Gasteiger partial charge in [-0.15, -0.1) is 10.2 Å². The van der Waals surface area contributed by atoms with Crippen molar-refractivity contribution >= 4 is 32.4 Å². The number of anilines is 1. The number of amides is 1. The molecule has 3 aromatic rings. The Balaban J connectivity index is 1.69. The number of nitrogens with one attached hydrogen (secondary N) is 2. The summed E-state index contributed by atoms with van der Waals surface area (Å²) in [4.78, 5) is 12.3. The molecule has 0 bridgehead atoms. The molecule has 2 heterocycles. The molecule has 2 aromatic heterocycles. The lowest BCUT2D eigenvalue weighted by Gasteiger charge is -2.12. The third kappa shape index (κ3) is 4.21. The van der Waals surface area contributed by atoms with Crippen LogP contribution in [-0.2, 0) is 14.8 Å². The molecule has 0 fully saturated rings. The molecule has 0 aliphatic carbocycles. The van der Waals surface area contributed by atoms with Gasteiger partial charge in [0, 0.05) is 5.56 Å². The molecule has 0 aliphatic rings. The van der Waals surface area contributed by atoms with Crippen LogP contribution >= 0.6 is 11.3 Å². The molecule has 11 heteroatoms. The largest absolute Gasteiger partial charge is 0.360 e. The monoisotopic (exact) mass is 407 g/mol. The van der Waals surface area contributed by atoms with Gasteiger partial charge in [0.15, 0.2) is 5.76 Å². The molecule has 0 saturated carbocycles. The number of sulfonamides is 1. The SMILES string of the molecule is Cc1noc(C)c1S(=O)(=O)N[C@@H](C)C(=O)Nc1nnc(-c2ccccc2)s1. The highest BCUT2D eigenvalue weighted by Crippen LogP contribution is 2.26. The molecule has 0 unspecified atom stereocenters. The van der Waals surface area contributed by atoms with Gasteiger partial charge in [-0.25, -0.2) is 8.42 Å². The molecule has 142 valence electrons. The summed E-state index contributed by atoms with van der Waals surface area (Å²) in [6.07, 6.45) is 0. The fraction of sp³-hybridized carbons (Fsp3) is 0.250. The Bertz CT molecular complexity index is 1040. The minimum absolute atomic E-state index is 0.0653. The van der Waals surface area contributed by atoms with E-state index in [1.807, 2.05) is 30.3 Å². The Morgan fingerprint density at radius 1 is 1.19 bits per heavy atom. The van der Waals surface area contributed by atoms with Crippen molar-refractivity contribution in [3.8, 4) is 10.6 Å². The molecule has 1 aromatic carbocycles. The topological polar surface area (TPSA) is 127 Å². The number of carbonyl (C=O) groups is 1. The van der Waals surface area contributed by atoms with Crippen LogP contribution in [0.25, 0.3) is 10.6 Å². The minimum atomic E-state index is -3.95. The van der Waals surface area contributed by atoms with E-state index in [1.54, 1.807) is 0 Å². The van der Waals surface area contributed by atoms with E-state index in [0.29, 0.717) is 5.01 Å². The fourth-order valence-electron chi connectivity index (χ4n) is 2.39. The predicted molar refractivity (Wildman–Crippen MR) is 99.7 cm³/mol. The lowest BCUT2D eigenvalue weighted by molar-refractivity contribution is -0.117. The number of benzene rings is 1. The van der Waals surface area contributed by atoms with Gasteiger partial charge in [-0.1, -0.05) is 46.8 Å². The summed E-state index contributed by atoms with van der Waals surface area (Å²) in [5.41, 5.74) is 1.10. The van der Waals surface area contributed by atoms with Crippen LogP contribution in [0.3, 0.4) is 0 Å². The zero-order chi connectivity index (χ0) is 19.6. The molecule has 0 saturated heterocycles. The Labute approximate surface area is 159 Å². The zero-order valence-corrected chi connectivity index (χ0v) is 16.4. The number of rotatable bonds is 6. The standard InChI is InChI=1S/C16H17N5O4S2/c1-9-13(11(3)25-20-9)27(23,24)21-10(2)14(22)17-16-19-18-15(26-16)12-7-5-4-6-8-12/h4-8,10,21H,1-3H3,(H,17,19,22)/t10-/m0/s1. The van der Waals surface area contributed by atoms with E-state index in [1.165, 1.54) is 32.1 Å². The zero-order valence-electron chi connectivity index (χ0n) is 14.8. The highest BCUT2D eigenvalue weighted by atomic mass is 32.2. The number of hydrogen-bond acceptors (Lipinski definition) is 8. The third-order valence-electron chi connectivity index (χ3n) is 3.64. The first-order valence-electron chi connectivity index (χ1n) is 7.93. The summed E-state index contributed by atoms with van der Waals surface area (Å²) in [6.45, 7) is 4.44. The average molecular weight is 407 g/mol. The van der Waals surface area contributed by atoms with Crippen LogP contribution in [0.1, 0.15) is 18.4 Å². The van der Waals surface area contributed by atoms with Crippen molar-refractivity contribution in [1.82, 2.24) is 20.1 Å². The van der Waals surface area contributed by atoms with E-state index in [4.69, 9.17) is 4.52 Å². The molecule has 1 amide bonds. The van der Waals surface area contributed by atoms with Gasteiger partial charge in [-0.3, -0.25) is 10.1 Å². The number of aromatic nitrogens is 3. The van der Waals surface area contributed by atoms with E-state index in [0.717, 1.165) is 5.56 Å². The highest BCUT2D eigenvalue weighted by molar-refractivity contribution is 7.89. The molecular weight excluding hydrogens is 390 g/mol. The molecular formula is C16H17N5O4S2. The maximum absolute atomic E-state index is 12.5. The number of nitrogens with zero attached hydrogens (tertiary/aromatic N) is 3. The van der Waals surface area contributed by atoms with Gasteiger partial charge in [0.2, 0.25) is 21.1 Å². The second-order valence-corrected chi connectivity index (χ2v) is 8.39. The summed E-state index contributed by atoms with van der Waals surface area (Å²) in [7, 11) is -3.95.